The van der Waals surface area contributed by atoms with Gasteiger partial charge in [-0.2, -0.15) is 4.98 Å². The van der Waals surface area contributed by atoms with Gasteiger partial charge in [-0.05, 0) is 11.6 Å². The third-order valence-corrected chi connectivity index (χ3v) is 4.17. The molecule has 6 nitrogen and oxygen atoms in total. The van der Waals surface area contributed by atoms with Crippen LogP contribution in [-0.4, -0.2) is 36.1 Å². The summed E-state index contributed by atoms with van der Waals surface area (Å²) < 4.78 is 6.01. The maximum atomic E-state index is 6.01. The van der Waals surface area contributed by atoms with Crippen LogP contribution in [-0.2, 0) is 6.42 Å². The van der Waals surface area contributed by atoms with Crippen molar-refractivity contribution >= 4 is 11.8 Å². The molecule has 1 aromatic carbocycles. The van der Waals surface area contributed by atoms with E-state index in [-0.39, 0.29) is 6.10 Å². The lowest BCUT2D eigenvalue weighted by atomic mass is 10.1. The molecule has 1 aromatic heterocycles. The Labute approximate surface area is 129 Å². The third-order valence-electron chi connectivity index (χ3n) is 4.17. The Balaban J connectivity index is 1.61. The second-order valence-corrected chi connectivity index (χ2v) is 5.66. The van der Waals surface area contributed by atoms with Gasteiger partial charge in [0.2, 0.25) is 5.95 Å². The van der Waals surface area contributed by atoms with E-state index in [0.29, 0.717) is 5.95 Å². The lowest BCUT2D eigenvalue weighted by Gasteiger charge is -2.28. The van der Waals surface area contributed by atoms with E-state index in [2.05, 4.69) is 26.3 Å². The molecule has 2 aliphatic heterocycles. The van der Waals surface area contributed by atoms with Gasteiger partial charge >= 0.3 is 0 Å². The first-order valence-electron chi connectivity index (χ1n) is 7.64. The minimum atomic E-state index is -0.0793. The topological polar surface area (TPSA) is 76.3 Å². The molecule has 2 aliphatic rings. The molecule has 1 unspecified atom stereocenters. The quantitative estimate of drug-likeness (QED) is 0.866. The van der Waals surface area contributed by atoms with Crippen molar-refractivity contribution in [2.24, 2.45) is 0 Å². The number of nitrogens with zero attached hydrogens (tertiary/aromatic N) is 3. The largest absolute Gasteiger partial charge is 0.483 e. The molecule has 0 aliphatic carbocycles. The number of piperazine rings is 1. The van der Waals surface area contributed by atoms with Crippen LogP contribution in [0.1, 0.15) is 17.4 Å². The van der Waals surface area contributed by atoms with Crippen molar-refractivity contribution in [2.75, 3.05) is 36.8 Å². The zero-order valence-corrected chi connectivity index (χ0v) is 12.3. The number of anilines is 2. The summed E-state index contributed by atoms with van der Waals surface area (Å²) in [6.45, 7) is 3.79. The van der Waals surface area contributed by atoms with Crippen molar-refractivity contribution in [2.45, 2.75) is 12.5 Å². The number of hydrogen-bond acceptors (Lipinski definition) is 6. The molecule has 3 heterocycles. The maximum absolute atomic E-state index is 6.01. The normalized spacial score (nSPS) is 20.5. The molecule has 0 saturated carbocycles. The van der Waals surface area contributed by atoms with Gasteiger partial charge < -0.3 is 20.7 Å². The summed E-state index contributed by atoms with van der Waals surface area (Å²) in [5.74, 6) is 2.14. The predicted molar refractivity (Wildman–Crippen MR) is 85.0 cm³/mol. The Morgan fingerprint density at radius 1 is 1.18 bits per heavy atom. The number of benzene rings is 1. The van der Waals surface area contributed by atoms with E-state index in [1.165, 1.54) is 5.56 Å². The summed E-state index contributed by atoms with van der Waals surface area (Å²) in [6.07, 6.45) is 0.748. The molecule has 22 heavy (non-hydrogen) atoms. The second kappa shape index (κ2) is 5.46. The van der Waals surface area contributed by atoms with E-state index in [1.54, 1.807) is 0 Å². The highest BCUT2D eigenvalue weighted by atomic mass is 16.5. The molecule has 1 saturated heterocycles. The average Bonchev–Trinajstić information content (AvgIpc) is 2.99. The second-order valence-electron chi connectivity index (χ2n) is 5.66. The van der Waals surface area contributed by atoms with Crippen LogP contribution in [0.4, 0.5) is 11.8 Å². The number of nitrogens with two attached hydrogens (primary N) is 1. The van der Waals surface area contributed by atoms with Crippen molar-refractivity contribution in [3.8, 4) is 5.75 Å². The van der Waals surface area contributed by atoms with Crippen LogP contribution < -0.4 is 20.7 Å². The average molecular weight is 297 g/mol. The lowest BCUT2D eigenvalue weighted by Crippen LogP contribution is -2.44. The zero-order chi connectivity index (χ0) is 14.9. The van der Waals surface area contributed by atoms with Gasteiger partial charge in [-0.25, -0.2) is 4.98 Å². The fourth-order valence-corrected chi connectivity index (χ4v) is 3.04. The van der Waals surface area contributed by atoms with Gasteiger partial charge in [-0.15, -0.1) is 0 Å². The van der Waals surface area contributed by atoms with E-state index in [4.69, 9.17) is 10.5 Å². The number of nitrogens with one attached hydrogen (secondary N) is 1. The standard InChI is InChI=1S/C16H19N5O/c17-16-19-12(10-15(20-16)21-7-5-18-6-8-21)14-9-11-3-1-2-4-13(11)22-14/h1-4,10,14,18H,5-9H2,(H2,17,19,20). The van der Waals surface area contributed by atoms with Crippen molar-refractivity contribution in [1.82, 2.24) is 15.3 Å². The van der Waals surface area contributed by atoms with Crippen molar-refractivity contribution < 1.29 is 4.74 Å². The number of aromatic nitrogens is 2. The minimum absolute atomic E-state index is 0.0793. The maximum Gasteiger partial charge on any atom is 0.222 e. The summed E-state index contributed by atoms with van der Waals surface area (Å²) in [7, 11) is 0. The van der Waals surface area contributed by atoms with Crippen LogP contribution in [0.2, 0.25) is 0 Å². The van der Waals surface area contributed by atoms with E-state index >= 15 is 0 Å². The van der Waals surface area contributed by atoms with E-state index < -0.39 is 0 Å². The highest BCUT2D eigenvalue weighted by Gasteiger charge is 2.26. The Morgan fingerprint density at radius 3 is 2.82 bits per heavy atom. The number of hydrogen-bond donors (Lipinski definition) is 2. The minimum Gasteiger partial charge on any atom is -0.483 e. The van der Waals surface area contributed by atoms with Crippen molar-refractivity contribution in [1.29, 1.82) is 0 Å². The van der Waals surface area contributed by atoms with Crippen molar-refractivity contribution in [3.05, 3.63) is 41.6 Å². The molecular weight excluding hydrogens is 278 g/mol. The SMILES string of the molecule is Nc1nc(C2Cc3ccccc3O2)cc(N2CCNCC2)n1. The Hall–Kier alpha value is -2.34. The predicted octanol–water partition coefficient (Wildman–Crippen LogP) is 1.14. The molecule has 0 bridgehead atoms. The van der Waals surface area contributed by atoms with Crippen molar-refractivity contribution in [3.63, 3.8) is 0 Å². The molecule has 114 valence electrons. The molecule has 6 heteroatoms. The molecule has 2 aromatic rings. The van der Waals surface area contributed by atoms with Crippen LogP contribution in [0, 0.1) is 0 Å². The number of rotatable bonds is 2. The Kier molecular flexibility index (Phi) is 3.31. The van der Waals surface area contributed by atoms with Crippen LogP contribution in [0.3, 0.4) is 0 Å². The summed E-state index contributed by atoms with van der Waals surface area (Å²) in [4.78, 5) is 11.0. The van der Waals surface area contributed by atoms with E-state index in [0.717, 1.165) is 49.9 Å². The molecule has 3 N–H and O–H groups in total. The summed E-state index contributed by atoms with van der Waals surface area (Å²) in [6, 6.07) is 10.1. The van der Waals surface area contributed by atoms with Crippen LogP contribution in [0.15, 0.2) is 30.3 Å². The molecule has 0 amide bonds. The third kappa shape index (κ3) is 2.46. The molecule has 1 fully saturated rings. The number of nitrogen functional groups attached to an aromatic ring is 1. The van der Waals surface area contributed by atoms with Gasteiger partial charge in [0.1, 0.15) is 17.7 Å². The smallest absolute Gasteiger partial charge is 0.222 e. The van der Waals surface area contributed by atoms with Gasteiger partial charge in [0.15, 0.2) is 0 Å². The first kappa shape index (κ1) is 13.3. The van der Waals surface area contributed by atoms with Gasteiger partial charge in [0.25, 0.3) is 0 Å². The van der Waals surface area contributed by atoms with Gasteiger partial charge in [0.05, 0.1) is 5.69 Å². The lowest BCUT2D eigenvalue weighted by molar-refractivity contribution is 0.233. The monoisotopic (exact) mass is 297 g/mol. The highest BCUT2D eigenvalue weighted by Crippen LogP contribution is 2.36. The van der Waals surface area contributed by atoms with Crippen LogP contribution in [0.25, 0.3) is 0 Å². The first-order chi connectivity index (χ1) is 10.8. The number of para-hydroxylation sites is 1. The summed E-state index contributed by atoms with van der Waals surface area (Å²) in [5.41, 5.74) is 7.99. The van der Waals surface area contributed by atoms with E-state index in [9.17, 15) is 0 Å². The summed E-state index contributed by atoms with van der Waals surface area (Å²) in [5, 5.41) is 3.34. The highest BCUT2D eigenvalue weighted by molar-refractivity contribution is 5.46. The molecule has 4 rings (SSSR count). The zero-order valence-electron chi connectivity index (χ0n) is 12.3. The van der Waals surface area contributed by atoms with Gasteiger partial charge in [-0.3, -0.25) is 0 Å². The molecule has 0 spiro atoms. The molecule has 1 atom stereocenters. The summed E-state index contributed by atoms with van der Waals surface area (Å²) >= 11 is 0. The van der Waals surface area contributed by atoms with Crippen LogP contribution >= 0.6 is 0 Å². The first-order valence-corrected chi connectivity index (χ1v) is 7.64. The Morgan fingerprint density at radius 2 is 2.00 bits per heavy atom. The number of fused-ring (bicyclic) bond motifs is 1. The number of ether oxygens (including phenoxy) is 1. The fourth-order valence-electron chi connectivity index (χ4n) is 3.04. The van der Waals surface area contributed by atoms with E-state index in [1.807, 2.05) is 24.3 Å². The van der Waals surface area contributed by atoms with Gasteiger partial charge in [-0.1, -0.05) is 18.2 Å². The van der Waals surface area contributed by atoms with Crippen LogP contribution in [0.5, 0.6) is 5.75 Å². The van der Waals surface area contributed by atoms with Gasteiger partial charge in [0, 0.05) is 38.7 Å². The fraction of sp³-hybridized carbons (Fsp3) is 0.375. The Bertz CT molecular complexity index is 659. The molecular formula is C16H19N5O. The molecule has 0 radical (unpaired) electrons.